The summed E-state index contributed by atoms with van der Waals surface area (Å²) in [7, 11) is -0.663. The largest absolute Gasteiger partial charge is 0.301 e. The summed E-state index contributed by atoms with van der Waals surface area (Å²) in [5.41, 5.74) is 0. The molecule has 0 radical (unpaired) electrons. The van der Waals surface area contributed by atoms with E-state index in [1.54, 1.807) is 0 Å². The molecule has 0 amide bonds. The normalized spacial score (nSPS) is 44.5. The summed E-state index contributed by atoms with van der Waals surface area (Å²) in [5.74, 6) is 0.397. The number of sulfone groups is 1. The van der Waals surface area contributed by atoms with Crippen molar-refractivity contribution in [3.05, 3.63) is 0 Å². The van der Waals surface area contributed by atoms with Gasteiger partial charge in [0.1, 0.15) is 0 Å². The van der Waals surface area contributed by atoms with Crippen molar-refractivity contribution in [2.24, 2.45) is 0 Å². The molecule has 2 rings (SSSR count). The lowest BCUT2D eigenvalue weighted by Gasteiger charge is -2.21. The highest BCUT2D eigenvalue weighted by Gasteiger charge is 2.46. The van der Waals surface area contributed by atoms with Crippen molar-refractivity contribution in [3.8, 4) is 0 Å². The number of fused-ring (bicyclic) bond motifs is 2. The van der Waals surface area contributed by atoms with Gasteiger partial charge in [-0.3, -0.25) is 0 Å². The smallest absolute Gasteiger partial charge is 0.156 e. The molecule has 0 aromatic carbocycles. The van der Waals surface area contributed by atoms with E-state index in [2.05, 4.69) is 4.90 Å². The molecule has 10 heavy (non-hydrogen) atoms. The first-order chi connectivity index (χ1) is 4.59. The maximum Gasteiger partial charge on any atom is 0.156 e. The van der Waals surface area contributed by atoms with Gasteiger partial charge in [-0.25, -0.2) is 8.42 Å². The Morgan fingerprint density at radius 1 is 1.50 bits per heavy atom. The van der Waals surface area contributed by atoms with Crippen molar-refractivity contribution in [2.75, 3.05) is 19.3 Å². The van der Waals surface area contributed by atoms with Crippen LogP contribution >= 0.6 is 0 Å². The van der Waals surface area contributed by atoms with Gasteiger partial charge in [0.2, 0.25) is 0 Å². The Labute approximate surface area is 60.9 Å². The first-order valence-electron chi connectivity index (χ1n) is 3.51. The number of hydrogen-bond donors (Lipinski definition) is 0. The average molecular weight is 161 g/mol. The fourth-order valence-corrected chi connectivity index (χ4v) is 4.06. The summed E-state index contributed by atoms with van der Waals surface area (Å²) >= 11 is 0. The van der Waals surface area contributed by atoms with Crippen LogP contribution in [0.15, 0.2) is 0 Å². The average Bonchev–Trinajstić information content (AvgIpc) is 2.21. The predicted molar refractivity (Wildman–Crippen MR) is 38.6 cm³/mol. The lowest BCUT2D eigenvalue weighted by molar-refractivity contribution is 0.326. The molecule has 4 heteroatoms. The molecule has 2 saturated heterocycles. The van der Waals surface area contributed by atoms with Crippen molar-refractivity contribution in [2.45, 2.75) is 17.7 Å². The Morgan fingerprint density at radius 3 is 2.50 bits per heavy atom. The topological polar surface area (TPSA) is 37.4 Å². The summed E-state index contributed by atoms with van der Waals surface area (Å²) in [6.45, 7) is 0.757. The lowest BCUT2D eigenvalue weighted by Crippen LogP contribution is -2.37. The minimum Gasteiger partial charge on any atom is -0.301 e. The van der Waals surface area contributed by atoms with Crippen molar-refractivity contribution in [1.82, 2.24) is 4.90 Å². The third kappa shape index (κ3) is 0.720. The predicted octanol–water partition coefficient (Wildman–Crippen LogP) is -0.512. The first kappa shape index (κ1) is 6.61. The molecule has 0 spiro atoms. The summed E-state index contributed by atoms with van der Waals surface area (Å²) in [6.07, 6.45) is 0.874. The van der Waals surface area contributed by atoms with E-state index < -0.39 is 9.84 Å². The Kier molecular flexibility index (Phi) is 1.15. The second-order valence-electron chi connectivity index (χ2n) is 3.28. The van der Waals surface area contributed by atoms with Gasteiger partial charge in [0.25, 0.3) is 0 Å². The molecule has 3 nitrogen and oxygen atoms in total. The molecule has 0 N–H and O–H groups in total. The zero-order valence-electron chi connectivity index (χ0n) is 5.95. The third-order valence-corrected chi connectivity index (χ3v) is 4.79. The number of rotatable bonds is 0. The molecule has 0 aromatic heterocycles. The minimum atomic E-state index is -2.66. The van der Waals surface area contributed by atoms with Crippen LogP contribution in [0.25, 0.3) is 0 Å². The minimum absolute atomic E-state index is 0.0394. The highest BCUT2D eigenvalue weighted by atomic mass is 32.2. The standard InChI is InChI=1S/C6H11NO2S/c1-7-3-6-2-5(7)4-10(6,8)9/h5-6H,2-4H2,1H3. The maximum atomic E-state index is 11.1. The summed E-state index contributed by atoms with van der Waals surface area (Å²) in [4.78, 5) is 2.14. The van der Waals surface area contributed by atoms with Crippen LogP contribution in [-0.4, -0.2) is 44.0 Å². The van der Waals surface area contributed by atoms with Gasteiger partial charge >= 0.3 is 0 Å². The van der Waals surface area contributed by atoms with Crippen LogP contribution in [0.1, 0.15) is 6.42 Å². The zero-order valence-corrected chi connectivity index (χ0v) is 6.76. The summed E-state index contributed by atoms with van der Waals surface area (Å²) < 4.78 is 22.3. The number of hydrogen-bond acceptors (Lipinski definition) is 3. The van der Waals surface area contributed by atoms with E-state index in [0.29, 0.717) is 11.8 Å². The van der Waals surface area contributed by atoms with Crippen molar-refractivity contribution < 1.29 is 8.42 Å². The Bertz CT molecular complexity index is 244. The number of nitrogens with zero attached hydrogens (tertiary/aromatic N) is 1. The van der Waals surface area contributed by atoms with Crippen LogP contribution in [0.2, 0.25) is 0 Å². The first-order valence-corrected chi connectivity index (χ1v) is 5.23. The van der Waals surface area contributed by atoms with Gasteiger partial charge < -0.3 is 4.90 Å². The number of likely N-dealkylation sites (tertiary alicyclic amines) is 1. The van der Waals surface area contributed by atoms with Gasteiger partial charge in [0.05, 0.1) is 11.0 Å². The molecule has 2 aliphatic heterocycles. The SMILES string of the molecule is CN1CC2CC1CS2(=O)=O. The van der Waals surface area contributed by atoms with Crippen LogP contribution in [0.5, 0.6) is 0 Å². The van der Waals surface area contributed by atoms with E-state index in [-0.39, 0.29) is 5.25 Å². The van der Waals surface area contributed by atoms with E-state index in [0.717, 1.165) is 13.0 Å². The Morgan fingerprint density at radius 2 is 2.20 bits per heavy atom. The van der Waals surface area contributed by atoms with Crippen molar-refractivity contribution >= 4 is 9.84 Å². The van der Waals surface area contributed by atoms with E-state index in [1.807, 2.05) is 7.05 Å². The monoisotopic (exact) mass is 161 g/mol. The highest BCUT2D eigenvalue weighted by Crippen LogP contribution is 2.31. The van der Waals surface area contributed by atoms with E-state index in [1.165, 1.54) is 0 Å². The van der Waals surface area contributed by atoms with Gasteiger partial charge in [-0.2, -0.15) is 0 Å². The highest BCUT2D eigenvalue weighted by molar-refractivity contribution is 7.92. The second-order valence-corrected chi connectivity index (χ2v) is 5.61. The fraction of sp³-hybridized carbons (Fsp3) is 1.00. The van der Waals surface area contributed by atoms with Gasteiger partial charge in [-0.05, 0) is 13.5 Å². The molecule has 0 aliphatic carbocycles. The van der Waals surface area contributed by atoms with Crippen LogP contribution in [0, 0.1) is 0 Å². The zero-order chi connectivity index (χ0) is 7.35. The Hall–Kier alpha value is -0.0900. The van der Waals surface area contributed by atoms with Gasteiger partial charge in [0.15, 0.2) is 9.84 Å². The molecule has 2 atom stereocenters. The van der Waals surface area contributed by atoms with Crippen molar-refractivity contribution in [1.29, 1.82) is 0 Å². The molecule has 0 aromatic rings. The van der Waals surface area contributed by atoms with Gasteiger partial charge in [0, 0.05) is 12.6 Å². The summed E-state index contributed by atoms with van der Waals surface area (Å²) in [6, 6.07) is 0.329. The molecular formula is C6H11NO2S. The maximum absolute atomic E-state index is 11.1. The van der Waals surface area contributed by atoms with Crippen molar-refractivity contribution in [3.63, 3.8) is 0 Å². The van der Waals surface area contributed by atoms with E-state index in [4.69, 9.17) is 0 Å². The van der Waals surface area contributed by atoms with E-state index in [9.17, 15) is 8.42 Å². The second kappa shape index (κ2) is 1.74. The third-order valence-electron chi connectivity index (χ3n) is 2.58. The molecule has 2 bridgehead atoms. The summed E-state index contributed by atoms with van der Waals surface area (Å²) in [5, 5.41) is -0.0394. The molecule has 2 unspecified atom stereocenters. The van der Waals surface area contributed by atoms with Crippen LogP contribution in [0.3, 0.4) is 0 Å². The lowest BCUT2D eigenvalue weighted by atomic mass is 10.2. The van der Waals surface area contributed by atoms with Gasteiger partial charge in [-0.1, -0.05) is 0 Å². The van der Waals surface area contributed by atoms with Crippen LogP contribution in [0.4, 0.5) is 0 Å². The van der Waals surface area contributed by atoms with E-state index >= 15 is 0 Å². The molecular weight excluding hydrogens is 150 g/mol. The molecule has 2 heterocycles. The molecule has 0 saturated carbocycles. The fourth-order valence-electron chi connectivity index (χ4n) is 1.89. The quantitative estimate of drug-likeness (QED) is 0.480. The van der Waals surface area contributed by atoms with Crippen LogP contribution < -0.4 is 0 Å². The molecule has 2 aliphatic rings. The molecule has 58 valence electrons. The molecule has 2 fully saturated rings. The van der Waals surface area contributed by atoms with Crippen LogP contribution in [-0.2, 0) is 9.84 Å². The van der Waals surface area contributed by atoms with Gasteiger partial charge in [-0.15, -0.1) is 0 Å². The Balaban J connectivity index is 2.32.